The highest BCUT2D eigenvalue weighted by molar-refractivity contribution is 6.02. The molecule has 0 aliphatic heterocycles. The highest BCUT2D eigenvalue weighted by Gasteiger charge is 2.14. The first kappa shape index (κ1) is 21.8. The summed E-state index contributed by atoms with van der Waals surface area (Å²) in [5, 5.41) is 5.46. The van der Waals surface area contributed by atoms with Crippen LogP contribution in [-0.4, -0.2) is 24.4 Å². The van der Waals surface area contributed by atoms with Gasteiger partial charge in [-0.3, -0.25) is 9.59 Å². The fourth-order valence-electron chi connectivity index (χ4n) is 2.95. The number of benzene rings is 2. The fourth-order valence-corrected chi connectivity index (χ4v) is 2.95. The van der Waals surface area contributed by atoms with Crippen LogP contribution in [0.25, 0.3) is 0 Å². The van der Waals surface area contributed by atoms with Gasteiger partial charge in [0.1, 0.15) is 0 Å². The summed E-state index contributed by atoms with van der Waals surface area (Å²) in [6.07, 6.45) is 2.35. The summed E-state index contributed by atoms with van der Waals surface area (Å²) in [6.45, 7) is 3.77. The SMILES string of the molecule is CC[C@H](C)c1ccccc1NC(=O)COC(=O)c1ccc(NC(=O)c2ccco2)cc1. The normalized spacial score (nSPS) is 11.4. The lowest BCUT2D eigenvalue weighted by atomic mass is 9.97. The summed E-state index contributed by atoms with van der Waals surface area (Å²) >= 11 is 0. The molecular weight excluding hydrogens is 396 g/mol. The number of carbonyl (C=O) groups is 3. The molecule has 0 unspecified atom stereocenters. The van der Waals surface area contributed by atoms with Crippen LogP contribution in [0.2, 0.25) is 0 Å². The fraction of sp³-hybridized carbons (Fsp3) is 0.208. The van der Waals surface area contributed by atoms with Crippen molar-refractivity contribution < 1.29 is 23.5 Å². The number of esters is 1. The third-order valence-corrected chi connectivity index (χ3v) is 4.84. The maximum atomic E-state index is 12.3. The topological polar surface area (TPSA) is 97.6 Å². The highest BCUT2D eigenvalue weighted by atomic mass is 16.5. The Morgan fingerprint density at radius 3 is 2.39 bits per heavy atom. The number of ether oxygens (including phenoxy) is 1. The minimum absolute atomic E-state index is 0.185. The van der Waals surface area contributed by atoms with E-state index in [0.717, 1.165) is 17.7 Å². The van der Waals surface area contributed by atoms with Gasteiger partial charge in [0, 0.05) is 11.4 Å². The molecule has 31 heavy (non-hydrogen) atoms. The van der Waals surface area contributed by atoms with Crippen molar-refractivity contribution in [3.05, 3.63) is 83.8 Å². The largest absolute Gasteiger partial charge is 0.459 e. The molecule has 1 atom stereocenters. The summed E-state index contributed by atoms with van der Waals surface area (Å²) in [5.74, 6) is -0.953. The Labute approximate surface area is 180 Å². The second-order valence-electron chi connectivity index (χ2n) is 7.03. The van der Waals surface area contributed by atoms with Crippen molar-refractivity contribution in [2.75, 3.05) is 17.2 Å². The molecule has 7 nitrogen and oxygen atoms in total. The molecule has 2 aromatic carbocycles. The maximum Gasteiger partial charge on any atom is 0.338 e. The molecule has 0 fully saturated rings. The van der Waals surface area contributed by atoms with Gasteiger partial charge in [-0.1, -0.05) is 32.0 Å². The molecule has 0 radical (unpaired) electrons. The van der Waals surface area contributed by atoms with E-state index in [4.69, 9.17) is 9.15 Å². The van der Waals surface area contributed by atoms with Gasteiger partial charge in [0.15, 0.2) is 12.4 Å². The third-order valence-electron chi connectivity index (χ3n) is 4.84. The van der Waals surface area contributed by atoms with Crippen molar-refractivity contribution in [1.29, 1.82) is 0 Å². The van der Waals surface area contributed by atoms with E-state index in [0.29, 0.717) is 11.6 Å². The number of furan rings is 1. The second kappa shape index (κ2) is 10.2. The summed E-state index contributed by atoms with van der Waals surface area (Å²) in [4.78, 5) is 36.5. The van der Waals surface area contributed by atoms with E-state index in [-0.39, 0.29) is 11.3 Å². The summed E-state index contributed by atoms with van der Waals surface area (Å²) < 4.78 is 10.1. The molecule has 0 bridgehead atoms. The molecule has 0 aliphatic carbocycles. The van der Waals surface area contributed by atoms with Crippen LogP contribution in [0.1, 0.15) is 52.7 Å². The summed E-state index contributed by atoms with van der Waals surface area (Å²) in [6, 6.07) is 16.9. The molecule has 0 saturated heterocycles. The Morgan fingerprint density at radius 1 is 0.968 bits per heavy atom. The van der Waals surface area contributed by atoms with Crippen molar-refractivity contribution in [3.63, 3.8) is 0 Å². The van der Waals surface area contributed by atoms with Crippen LogP contribution in [-0.2, 0) is 9.53 Å². The molecule has 2 N–H and O–H groups in total. The maximum absolute atomic E-state index is 12.3. The van der Waals surface area contributed by atoms with Crippen LogP contribution >= 0.6 is 0 Å². The number of hydrogen-bond acceptors (Lipinski definition) is 5. The van der Waals surface area contributed by atoms with Crippen LogP contribution in [0, 0.1) is 0 Å². The molecule has 160 valence electrons. The predicted octanol–water partition coefficient (Wildman–Crippen LogP) is 4.84. The zero-order chi connectivity index (χ0) is 22.2. The summed E-state index contributed by atoms with van der Waals surface area (Å²) in [7, 11) is 0. The van der Waals surface area contributed by atoms with Crippen molar-refractivity contribution in [2.45, 2.75) is 26.2 Å². The van der Waals surface area contributed by atoms with Crippen LogP contribution in [0.3, 0.4) is 0 Å². The standard InChI is InChI=1S/C24H24N2O5/c1-3-16(2)19-7-4-5-8-20(19)26-22(27)15-31-24(29)17-10-12-18(13-11-17)25-23(28)21-9-6-14-30-21/h4-14,16H,3,15H2,1-2H3,(H,25,28)(H,26,27)/t16-/m0/s1. The van der Waals surface area contributed by atoms with Crippen molar-refractivity contribution in [3.8, 4) is 0 Å². The Kier molecular flexibility index (Phi) is 7.22. The van der Waals surface area contributed by atoms with Gasteiger partial charge in [-0.15, -0.1) is 0 Å². The first-order chi connectivity index (χ1) is 15.0. The third kappa shape index (κ3) is 5.82. The van der Waals surface area contributed by atoms with E-state index in [1.165, 1.54) is 18.4 Å². The Bertz CT molecular complexity index is 1040. The van der Waals surface area contributed by atoms with Crippen molar-refractivity contribution in [2.24, 2.45) is 0 Å². The van der Waals surface area contributed by atoms with E-state index in [2.05, 4.69) is 24.5 Å². The van der Waals surface area contributed by atoms with Gasteiger partial charge in [-0.05, 0) is 60.4 Å². The second-order valence-corrected chi connectivity index (χ2v) is 7.03. The number of rotatable bonds is 8. The molecular formula is C24H24N2O5. The summed E-state index contributed by atoms with van der Waals surface area (Å²) in [5.41, 5.74) is 2.52. The number of anilines is 2. The average Bonchev–Trinajstić information content (AvgIpc) is 3.33. The lowest BCUT2D eigenvalue weighted by molar-refractivity contribution is -0.119. The van der Waals surface area contributed by atoms with Crippen LogP contribution < -0.4 is 10.6 Å². The average molecular weight is 420 g/mol. The number of amides is 2. The van der Waals surface area contributed by atoms with Gasteiger partial charge in [0.2, 0.25) is 0 Å². The van der Waals surface area contributed by atoms with Crippen LogP contribution in [0.5, 0.6) is 0 Å². The first-order valence-corrected chi connectivity index (χ1v) is 9.98. The highest BCUT2D eigenvalue weighted by Crippen LogP contribution is 2.26. The number of nitrogens with one attached hydrogen (secondary N) is 2. The van der Waals surface area contributed by atoms with Crippen molar-refractivity contribution >= 4 is 29.2 Å². The minimum atomic E-state index is -0.630. The van der Waals surface area contributed by atoms with Gasteiger partial charge in [0.25, 0.3) is 11.8 Å². The number of hydrogen-bond donors (Lipinski definition) is 2. The minimum Gasteiger partial charge on any atom is -0.459 e. The van der Waals surface area contributed by atoms with Crippen LogP contribution in [0.15, 0.2) is 71.3 Å². The quantitative estimate of drug-likeness (QED) is 0.508. The van der Waals surface area contributed by atoms with E-state index in [1.807, 2.05) is 24.3 Å². The molecule has 0 spiro atoms. The molecule has 0 aliphatic rings. The molecule has 1 heterocycles. The van der Waals surface area contributed by atoms with E-state index in [9.17, 15) is 14.4 Å². The van der Waals surface area contributed by atoms with Gasteiger partial charge in [-0.25, -0.2) is 4.79 Å². The first-order valence-electron chi connectivity index (χ1n) is 9.98. The molecule has 3 aromatic rings. The molecule has 0 saturated carbocycles. The van der Waals surface area contributed by atoms with E-state index in [1.54, 1.807) is 24.3 Å². The van der Waals surface area contributed by atoms with E-state index < -0.39 is 24.4 Å². The lowest BCUT2D eigenvalue weighted by Gasteiger charge is -2.15. The zero-order valence-corrected chi connectivity index (χ0v) is 17.4. The van der Waals surface area contributed by atoms with Gasteiger partial charge in [0.05, 0.1) is 11.8 Å². The van der Waals surface area contributed by atoms with Gasteiger partial charge >= 0.3 is 5.97 Å². The smallest absolute Gasteiger partial charge is 0.338 e. The Morgan fingerprint density at radius 2 is 1.71 bits per heavy atom. The molecule has 1 aromatic heterocycles. The lowest BCUT2D eigenvalue weighted by Crippen LogP contribution is -2.21. The monoisotopic (exact) mass is 420 g/mol. The molecule has 3 rings (SSSR count). The zero-order valence-electron chi connectivity index (χ0n) is 17.4. The van der Waals surface area contributed by atoms with Crippen molar-refractivity contribution in [1.82, 2.24) is 0 Å². The van der Waals surface area contributed by atoms with Crippen LogP contribution in [0.4, 0.5) is 11.4 Å². The Balaban J connectivity index is 1.52. The predicted molar refractivity (Wildman–Crippen MR) is 117 cm³/mol. The van der Waals surface area contributed by atoms with Gasteiger partial charge < -0.3 is 19.8 Å². The number of carbonyl (C=O) groups excluding carboxylic acids is 3. The molecule has 2 amide bonds. The molecule has 7 heteroatoms. The van der Waals surface area contributed by atoms with E-state index >= 15 is 0 Å². The Hall–Kier alpha value is -3.87. The van der Waals surface area contributed by atoms with Gasteiger partial charge in [-0.2, -0.15) is 0 Å². The number of para-hydroxylation sites is 1.